The van der Waals surface area contributed by atoms with E-state index in [2.05, 4.69) is 20.4 Å². The third kappa shape index (κ3) is 6.50. The van der Waals surface area contributed by atoms with Gasteiger partial charge in [0.1, 0.15) is 12.4 Å². The normalized spacial score (nSPS) is 11.5. The molecule has 0 heterocycles. The zero-order chi connectivity index (χ0) is 15.8. The van der Waals surface area contributed by atoms with Gasteiger partial charge >= 0.3 is 0 Å². The van der Waals surface area contributed by atoms with E-state index < -0.39 is 0 Å². The van der Waals surface area contributed by atoms with Crippen molar-refractivity contribution in [2.24, 2.45) is 11.7 Å². The summed E-state index contributed by atoms with van der Waals surface area (Å²) in [4.78, 5) is 14.0. The second kappa shape index (κ2) is 10.2. The van der Waals surface area contributed by atoms with Crippen LogP contribution in [0.1, 0.15) is 30.6 Å². The van der Waals surface area contributed by atoms with Crippen LogP contribution in [0.3, 0.4) is 0 Å². The average Bonchev–Trinajstić information content (AvgIpc) is 2.49. The van der Waals surface area contributed by atoms with Gasteiger partial charge in [0.05, 0.1) is 0 Å². The van der Waals surface area contributed by atoms with E-state index in [9.17, 15) is 4.79 Å². The van der Waals surface area contributed by atoms with Crippen LogP contribution in [0, 0.1) is 5.92 Å². The summed E-state index contributed by atoms with van der Waals surface area (Å²) in [5.41, 5.74) is 6.66. The summed E-state index contributed by atoms with van der Waals surface area (Å²) in [5.74, 6) is 1.16. The van der Waals surface area contributed by atoms with E-state index in [0.29, 0.717) is 24.6 Å². The van der Waals surface area contributed by atoms with Crippen LogP contribution in [0.15, 0.2) is 36.9 Å². The van der Waals surface area contributed by atoms with Crippen LogP contribution >= 0.6 is 12.4 Å². The Balaban J connectivity index is 0.00000441. The van der Waals surface area contributed by atoms with E-state index in [1.165, 1.54) is 0 Å². The molecule has 4 nitrogen and oxygen atoms in total. The summed E-state index contributed by atoms with van der Waals surface area (Å²) in [6.45, 7) is 8.90. The van der Waals surface area contributed by atoms with Crippen LogP contribution in [-0.4, -0.2) is 37.0 Å². The highest BCUT2D eigenvalue weighted by atomic mass is 35.5. The molecule has 5 heteroatoms. The number of benzene rings is 1. The predicted octanol–water partition coefficient (Wildman–Crippen LogP) is 3.12. The summed E-state index contributed by atoms with van der Waals surface area (Å²) in [7, 11) is 1.80. The van der Waals surface area contributed by atoms with Crippen LogP contribution in [0.4, 0.5) is 0 Å². The first-order valence-corrected chi connectivity index (χ1v) is 7.30. The zero-order valence-electron chi connectivity index (χ0n) is 13.6. The molecule has 1 aromatic carbocycles. The van der Waals surface area contributed by atoms with Gasteiger partial charge in [-0.2, -0.15) is 0 Å². The highest BCUT2D eigenvalue weighted by Crippen LogP contribution is 2.14. The number of carbonyl (C=O) groups excluding carboxylic acids is 1. The molecule has 0 spiro atoms. The number of hydrogen-bond donors (Lipinski definition) is 1. The van der Waals surface area contributed by atoms with Crippen LogP contribution in [-0.2, 0) is 0 Å². The van der Waals surface area contributed by atoms with Gasteiger partial charge in [-0.05, 0) is 36.6 Å². The highest BCUT2D eigenvalue weighted by Gasteiger charge is 2.14. The predicted molar refractivity (Wildman–Crippen MR) is 93.8 cm³/mol. The van der Waals surface area contributed by atoms with E-state index in [1.807, 2.05) is 0 Å². The fourth-order valence-electron chi connectivity index (χ4n) is 1.85. The summed E-state index contributed by atoms with van der Waals surface area (Å²) in [6.07, 6.45) is 2.49. The minimum absolute atomic E-state index is 0. The maximum atomic E-state index is 12.3. The van der Waals surface area contributed by atoms with Gasteiger partial charge in [-0.25, -0.2) is 0 Å². The molecule has 1 amide bonds. The van der Waals surface area contributed by atoms with Crippen LogP contribution in [0.2, 0.25) is 0 Å². The molecule has 0 aliphatic carbocycles. The topological polar surface area (TPSA) is 55.6 Å². The van der Waals surface area contributed by atoms with Crippen molar-refractivity contribution in [1.29, 1.82) is 0 Å². The first-order chi connectivity index (χ1) is 9.95. The minimum atomic E-state index is 0. The summed E-state index contributed by atoms with van der Waals surface area (Å²) in [5, 5.41) is 0. The standard InChI is InChI=1S/C17H26N2O2.ClH/c1-5-12-21-15-8-6-14(7-9-15)17(20)19(4)11-10-16(18)13(2)3;/h5-9,13,16H,1,10-12,18H2,2-4H3;1H. The minimum Gasteiger partial charge on any atom is -0.490 e. The largest absolute Gasteiger partial charge is 0.490 e. The fraction of sp³-hybridized carbons (Fsp3) is 0.471. The Hall–Kier alpha value is -1.52. The maximum Gasteiger partial charge on any atom is 0.253 e. The molecule has 2 N–H and O–H groups in total. The fourth-order valence-corrected chi connectivity index (χ4v) is 1.85. The Bertz CT molecular complexity index is 460. The van der Waals surface area contributed by atoms with Crippen molar-refractivity contribution >= 4 is 18.3 Å². The van der Waals surface area contributed by atoms with Crippen LogP contribution in [0.25, 0.3) is 0 Å². The van der Waals surface area contributed by atoms with Gasteiger partial charge in [-0.15, -0.1) is 12.4 Å². The number of nitrogens with two attached hydrogens (primary N) is 1. The Kier molecular flexibility index (Phi) is 9.54. The van der Waals surface area contributed by atoms with Crippen molar-refractivity contribution < 1.29 is 9.53 Å². The van der Waals surface area contributed by atoms with Gasteiger partial charge in [-0.1, -0.05) is 26.5 Å². The summed E-state index contributed by atoms with van der Waals surface area (Å²) < 4.78 is 5.40. The van der Waals surface area contributed by atoms with Gasteiger partial charge < -0.3 is 15.4 Å². The van der Waals surface area contributed by atoms with Gasteiger partial charge in [0.2, 0.25) is 0 Å². The smallest absolute Gasteiger partial charge is 0.253 e. The first-order valence-electron chi connectivity index (χ1n) is 7.30. The maximum absolute atomic E-state index is 12.3. The zero-order valence-corrected chi connectivity index (χ0v) is 14.4. The third-order valence-corrected chi connectivity index (χ3v) is 3.47. The number of rotatable bonds is 8. The number of hydrogen-bond acceptors (Lipinski definition) is 3. The van der Waals surface area contributed by atoms with Crippen molar-refractivity contribution in [1.82, 2.24) is 4.90 Å². The van der Waals surface area contributed by atoms with Crippen molar-refractivity contribution in [2.75, 3.05) is 20.2 Å². The van der Waals surface area contributed by atoms with E-state index in [0.717, 1.165) is 12.2 Å². The number of halogens is 1. The molecule has 0 aliphatic rings. The monoisotopic (exact) mass is 326 g/mol. The molecule has 0 fully saturated rings. The SMILES string of the molecule is C=CCOc1ccc(C(=O)N(C)CCC(N)C(C)C)cc1.Cl. The first kappa shape index (κ1) is 20.5. The second-order valence-corrected chi connectivity index (χ2v) is 5.55. The molecule has 22 heavy (non-hydrogen) atoms. The van der Waals surface area contributed by atoms with E-state index in [1.54, 1.807) is 42.3 Å². The van der Waals surface area contributed by atoms with Crippen molar-refractivity contribution in [3.8, 4) is 5.75 Å². The van der Waals surface area contributed by atoms with E-state index in [-0.39, 0.29) is 24.4 Å². The number of ether oxygens (including phenoxy) is 1. The Morgan fingerprint density at radius 1 is 1.36 bits per heavy atom. The molecule has 0 radical (unpaired) electrons. The second-order valence-electron chi connectivity index (χ2n) is 5.55. The lowest BCUT2D eigenvalue weighted by Crippen LogP contribution is -2.34. The molecule has 1 atom stereocenters. The lowest BCUT2D eigenvalue weighted by molar-refractivity contribution is 0.0789. The van der Waals surface area contributed by atoms with Gasteiger partial charge in [0, 0.05) is 25.2 Å². The third-order valence-electron chi connectivity index (χ3n) is 3.47. The number of nitrogens with zero attached hydrogens (tertiary/aromatic N) is 1. The van der Waals surface area contributed by atoms with Crippen molar-refractivity contribution in [3.63, 3.8) is 0 Å². The van der Waals surface area contributed by atoms with E-state index in [4.69, 9.17) is 10.5 Å². The van der Waals surface area contributed by atoms with Gasteiger partial charge in [0.15, 0.2) is 0 Å². The van der Waals surface area contributed by atoms with Crippen LogP contribution in [0.5, 0.6) is 5.75 Å². The molecule has 1 unspecified atom stereocenters. The van der Waals surface area contributed by atoms with Gasteiger partial charge in [-0.3, -0.25) is 4.79 Å². The lowest BCUT2D eigenvalue weighted by atomic mass is 10.0. The Morgan fingerprint density at radius 2 is 1.95 bits per heavy atom. The lowest BCUT2D eigenvalue weighted by Gasteiger charge is -2.21. The molecule has 0 aliphatic heterocycles. The molecule has 0 saturated carbocycles. The molecule has 124 valence electrons. The highest BCUT2D eigenvalue weighted by molar-refractivity contribution is 5.94. The molecular weight excluding hydrogens is 300 g/mol. The quantitative estimate of drug-likeness (QED) is 0.747. The Morgan fingerprint density at radius 3 is 2.45 bits per heavy atom. The van der Waals surface area contributed by atoms with Crippen LogP contribution < -0.4 is 10.5 Å². The van der Waals surface area contributed by atoms with Crippen molar-refractivity contribution in [2.45, 2.75) is 26.3 Å². The van der Waals surface area contributed by atoms with Gasteiger partial charge in [0.25, 0.3) is 5.91 Å². The molecule has 1 rings (SSSR count). The number of carbonyl (C=O) groups is 1. The van der Waals surface area contributed by atoms with Crippen molar-refractivity contribution in [3.05, 3.63) is 42.5 Å². The number of amides is 1. The molecule has 0 aromatic heterocycles. The average molecular weight is 327 g/mol. The van der Waals surface area contributed by atoms with E-state index >= 15 is 0 Å². The molecular formula is C17H27ClN2O2. The summed E-state index contributed by atoms with van der Waals surface area (Å²) >= 11 is 0. The summed E-state index contributed by atoms with van der Waals surface area (Å²) in [6, 6.07) is 7.27. The molecule has 0 saturated heterocycles. The Labute approximate surface area is 139 Å². The molecule has 0 bridgehead atoms. The molecule has 1 aromatic rings.